The number of nitrogens with zero attached hydrogens (tertiary/aromatic N) is 7. The summed E-state index contributed by atoms with van der Waals surface area (Å²) in [6, 6.07) is 13.9. The van der Waals surface area contributed by atoms with Crippen molar-refractivity contribution in [3.63, 3.8) is 0 Å². The maximum Gasteiger partial charge on any atom is 0.345 e. The zero-order valence-electron chi connectivity index (χ0n) is 36.0. The number of hydrogen-bond acceptors (Lipinski definition) is 13. The number of rotatable bonds is 12. The van der Waals surface area contributed by atoms with E-state index >= 15 is 0 Å². The van der Waals surface area contributed by atoms with E-state index in [4.69, 9.17) is 42.0 Å². The van der Waals surface area contributed by atoms with Crippen LogP contribution in [0, 0.1) is 18.2 Å². The molecule has 0 spiro atoms. The maximum atomic E-state index is 14.2. The molecule has 2 fully saturated rings. The molecule has 2 saturated heterocycles. The lowest BCUT2D eigenvalue weighted by molar-refractivity contribution is -0.145. The van der Waals surface area contributed by atoms with Crippen molar-refractivity contribution >= 4 is 39.1 Å². The lowest BCUT2D eigenvalue weighted by Gasteiger charge is -2.39. The van der Waals surface area contributed by atoms with Crippen molar-refractivity contribution in [2.75, 3.05) is 79.8 Å². The molecule has 16 heteroatoms. The van der Waals surface area contributed by atoms with Gasteiger partial charge in [-0.05, 0) is 72.0 Å². The number of halogens is 2. The van der Waals surface area contributed by atoms with Crippen molar-refractivity contribution in [3.05, 3.63) is 118 Å². The number of fused-ring (bicyclic) bond motifs is 2. The number of thiophene rings is 1. The van der Waals surface area contributed by atoms with Gasteiger partial charge in [0.05, 0.1) is 34.7 Å². The number of allylic oxidation sites excluding steroid dienone is 2. The van der Waals surface area contributed by atoms with Gasteiger partial charge in [0.25, 0.3) is 0 Å². The highest BCUT2D eigenvalue weighted by Crippen LogP contribution is 2.42. The number of carboxylic acid groups (broad SMARTS) is 1. The zero-order valence-corrected chi connectivity index (χ0v) is 37.5. The molecule has 2 bridgehead atoms. The van der Waals surface area contributed by atoms with Crippen molar-refractivity contribution < 1.29 is 33.2 Å². The van der Waals surface area contributed by atoms with E-state index in [1.807, 2.05) is 36.4 Å². The third kappa shape index (κ3) is 10.6. The van der Waals surface area contributed by atoms with Crippen LogP contribution in [0.15, 0.2) is 83.8 Å². The van der Waals surface area contributed by atoms with Gasteiger partial charge in [-0.15, -0.1) is 17.8 Å². The fourth-order valence-electron chi connectivity index (χ4n) is 8.21. The van der Waals surface area contributed by atoms with E-state index in [9.17, 15) is 14.3 Å². The van der Waals surface area contributed by atoms with E-state index in [-0.39, 0.29) is 30.1 Å². The minimum atomic E-state index is -1.36. The fourth-order valence-corrected chi connectivity index (χ4v) is 9.51. The molecule has 5 aromatic rings. The Bertz CT molecular complexity index is 2550. The first kappa shape index (κ1) is 45.3. The third-order valence-electron chi connectivity index (χ3n) is 12.0. The molecule has 8 rings (SSSR count). The Labute approximate surface area is 381 Å². The normalized spacial score (nSPS) is 19.9. The molecule has 0 amide bonds. The molecule has 1 N–H and O–H groups in total. The van der Waals surface area contributed by atoms with E-state index in [0.29, 0.717) is 77.4 Å². The van der Waals surface area contributed by atoms with Crippen LogP contribution in [0.2, 0.25) is 0 Å². The van der Waals surface area contributed by atoms with E-state index in [1.54, 1.807) is 25.4 Å². The van der Waals surface area contributed by atoms with Gasteiger partial charge in [0.1, 0.15) is 35.2 Å². The SMILES string of the molecule is C#C/C(Cl)=C1\C=C/Cc2c(-c3ccc(F)cc3)sc3ncnc(c23)O[C@@H](C(=O)O)Cc2cc(ccc2OCc2ccnc(C3(CCOC)COC3)n2)CN(CCN2CCN(C)CC2)C1. The first-order chi connectivity index (χ1) is 31.1. The van der Waals surface area contributed by atoms with Crippen LogP contribution in [0.1, 0.15) is 34.6 Å². The molecule has 0 saturated carbocycles. The smallest absolute Gasteiger partial charge is 0.345 e. The summed E-state index contributed by atoms with van der Waals surface area (Å²) < 4.78 is 38.1. The van der Waals surface area contributed by atoms with Crippen LogP contribution in [0.5, 0.6) is 11.6 Å². The standard InChI is InChI=1S/C48H51ClFN7O6S/c1-4-39(49)34-6-5-7-38-42-44(52-31-53-45(42)64-43(38)33-9-11-36(50)12-10-33)63-41(46(58)59)25-35-24-32(26-57(27-34)22-21-56-19-17-55(2)18-20-56)8-13-40(35)62-28-37-14-16-51-47(54-37)48(15-23-60-3)29-61-30-48/h1,5-6,8-14,16,24,31,41H,7,15,17-23,25-30H2,2-3H3,(H,58,59)/b6-5-,39-34-/t41-/m1/s1. The molecule has 3 aliphatic rings. The molecule has 0 radical (unpaired) electrons. The summed E-state index contributed by atoms with van der Waals surface area (Å²) in [5.41, 5.74) is 4.27. The highest BCUT2D eigenvalue weighted by atomic mass is 35.5. The van der Waals surface area contributed by atoms with E-state index in [0.717, 1.165) is 72.8 Å². The monoisotopic (exact) mass is 907 g/mol. The predicted octanol–water partition coefficient (Wildman–Crippen LogP) is 6.53. The number of aliphatic carboxylic acids is 1. The summed E-state index contributed by atoms with van der Waals surface area (Å²) in [5, 5.41) is 11.7. The summed E-state index contributed by atoms with van der Waals surface area (Å²) in [4.78, 5) is 40.3. The highest BCUT2D eigenvalue weighted by Gasteiger charge is 2.43. The lowest BCUT2D eigenvalue weighted by atomic mass is 9.81. The van der Waals surface area contributed by atoms with E-state index < -0.39 is 12.1 Å². The number of ether oxygens (including phenoxy) is 4. The molecule has 3 aromatic heterocycles. The number of methoxy groups -OCH3 is 1. The molecule has 0 unspecified atom stereocenters. The molecule has 1 atom stereocenters. The summed E-state index contributed by atoms with van der Waals surface area (Å²) in [6.45, 7) is 8.16. The highest BCUT2D eigenvalue weighted by molar-refractivity contribution is 7.22. The van der Waals surface area contributed by atoms with Gasteiger partial charge in [0, 0.05) is 83.6 Å². The Morgan fingerprint density at radius 2 is 1.86 bits per heavy atom. The van der Waals surface area contributed by atoms with Gasteiger partial charge in [0.2, 0.25) is 12.0 Å². The predicted molar refractivity (Wildman–Crippen MR) is 244 cm³/mol. The maximum absolute atomic E-state index is 14.2. The van der Waals surface area contributed by atoms with E-state index in [2.05, 4.69) is 42.6 Å². The lowest BCUT2D eigenvalue weighted by Crippen LogP contribution is -2.48. The number of terminal acetylenes is 1. The van der Waals surface area contributed by atoms with Crippen molar-refractivity contribution in [1.29, 1.82) is 0 Å². The quantitative estimate of drug-likeness (QED) is 0.136. The molecule has 334 valence electrons. The van der Waals surface area contributed by atoms with Crippen LogP contribution in [-0.4, -0.2) is 132 Å². The number of benzene rings is 2. The summed E-state index contributed by atoms with van der Waals surface area (Å²) >= 11 is 8.23. The van der Waals surface area contributed by atoms with Gasteiger partial charge in [-0.1, -0.05) is 53.9 Å². The zero-order chi connectivity index (χ0) is 44.6. The van der Waals surface area contributed by atoms with Gasteiger partial charge < -0.3 is 29.0 Å². The van der Waals surface area contributed by atoms with Gasteiger partial charge in [-0.2, -0.15) is 0 Å². The summed E-state index contributed by atoms with van der Waals surface area (Å²) in [6.07, 6.45) is 12.7. The summed E-state index contributed by atoms with van der Waals surface area (Å²) in [5.74, 6) is 2.42. The Hall–Kier alpha value is -5.31. The second-order valence-corrected chi connectivity index (χ2v) is 17.9. The van der Waals surface area contributed by atoms with Crippen LogP contribution in [-0.2, 0) is 45.7 Å². The van der Waals surface area contributed by atoms with Crippen molar-refractivity contribution in [2.45, 2.75) is 43.9 Å². The molecule has 3 aliphatic heterocycles. The van der Waals surface area contributed by atoms with Crippen LogP contribution in [0.4, 0.5) is 4.39 Å². The molecule has 64 heavy (non-hydrogen) atoms. The largest absolute Gasteiger partial charge is 0.487 e. The Balaban J connectivity index is 1.19. The number of carboxylic acids is 1. The Morgan fingerprint density at radius 1 is 1.06 bits per heavy atom. The second-order valence-electron chi connectivity index (χ2n) is 16.5. The molecule has 6 heterocycles. The fraction of sp³-hybridized carbons (Fsp3) is 0.396. The molecular weight excluding hydrogens is 857 g/mol. The topological polar surface area (TPSA) is 136 Å². The first-order valence-corrected chi connectivity index (χ1v) is 22.5. The number of carbonyl (C=O) groups is 1. The van der Waals surface area contributed by atoms with Crippen LogP contribution in [0.25, 0.3) is 20.7 Å². The van der Waals surface area contributed by atoms with Crippen molar-refractivity contribution in [1.82, 2.24) is 34.6 Å². The minimum Gasteiger partial charge on any atom is -0.487 e. The van der Waals surface area contributed by atoms with Crippen molar-refractivity contribution in [2.24, 2.45) is 0 Å². The average molecular weight is 908 g/mol. The Morgan fingerprint density at radius 3 is 2.59 bits per heavy atom. The van der Waals surface area contributed by atoms with Gasteiger partial charge in [-0.25, -0.2) is 29.1 Å². The Kier molecular flexibility index (Phi) is 14.6. The number of hydrogen-bond donors (Lipinski definition) is 1. The van der Waals surface area contributed by atoms with Gasteiger partial charge in [0.15, 0.2) is 0 Å². The number of piperazine rings is 1. The van der Waals surface area contributed by atoms with Crippen LogP contribution < -0.4 is 9.47 Å². The molecule has 0 aliphatic carbocycles. The third-order valence-corrected chi connectivity index (χ3v) is 13.5. The van der Waals surface area contributed by atoms with Crippen molar-refractivity contribution in [3.8, 4) is 34.4 Å². The van der Waals surface area contributed by atoms with Gasteiger partial charge in [-0.3, -0.25) is 9.80 Å². The van der Waals surface area contributed by atoms with Crippen LogP contribution in [0.3, 0.4) is 0 Å². The molecule has 2 aromatic carbocycles. The number of likely N-dealkylation sites (N-methyl/N-ethyl adjacent to an activating group) is 1. The first-order valence-electron chi connectivity index (χ1n) is 21.3. The molecular formula is C48H51ClFN7O6S. The second kappa shape index (κ2) is 20.7. The van der Waals surface area contributed by atoms with Gasteiger partial charge >= 0.3 is 5.97 Å². The van der Waals surface area contributed by atoms with Crippen LogP contribution >= 0.6 is 22.9 Å². The molecule has 13 nitrogen and oxygen atoms in total. The summed E-state index contributed by atoms with van der Waals surface area (Å²) in [7, 11) is 3.81. The minimum absolute atomic E-state index is 0.0456. The average Bonchev–Trinajstić information content (AvgIpc) is 3.66. The number of aromatic nitrogens is 4. The van der Waals surface area contributed by atoms with E-state index in [1.165, 1.54) is 29.8 Å².